The lowest BCUT2D eigenvalue weighted by atomic mass is 10.1. The zero-order valence-electron chi connectivity index (χ0n) is 18.6. The topological polar surface area (TPSA) is 83.1 Å². The molecule has 0 aliphatic carbocycles. The minimum absolute atomic E-state index is 0.224. The van der Waals surface area contributed by atoms with Gasteiger partial charge in [0.25, 0.3) is 5.91 Å². The van der Waals surface area contributed by atoms with Gasteiger partial charge in [0.15, 0.2) is 5.65 Å². The first-order valence-corrected chi connectivity index (χ1v) is 10.7. The van der Waals surface area contributed by atoms with Crippen molar-refractivity contribution in [2.45, 2.75) is 6.42 Å². The Morgan fingerprint density at radius 2 is 1.97 bits per heavy atom. The van der Waals surface area contributed by atoms with Gasteiger partial charge in [-0.05, 0) is 68.5 Å². The van der Waals surface area contributed by atoms with Crippen LogP contribution in [0.25, 0.3) is 22.6 Å². The molecule has 4 aromatic rings. The number of halogens is 1. The molecule has 2 aromatic heterocycles. The van der Waals surface area contributed by atoms with E-state index >= 15 is 0 Å². The third-order valence-corrected chi connectivity index (χ3v) is 5.15. The number of benzene rings is 2. The highest BCUT2D eigenvalue weighted by atomic mass is 19.1. The molecule has 0 aliphatic heterocycles. The van der Waals surface area contributed by atoms with E-state index in [1.165, 1.54) is 12.1 Å². The molecule has 1 amide bonds. The Kier molecular flexibility index (Phi) is 6.95. The number of H-pyrrole nitrogens is 1. The van der Waals surface area contributed by atoms with Crippen LogP contribution in [0.4, 0.5) is 4.39 Å². The van der Waals surface area contributed by atoms with Crippen molar-refractivity contribution in [3.8, 4) is 17.1 Å². The molecule has 0 fully saturated rings. The molecule has 170 valence electrons. The second-order valence-electron chi connectivity index (χ2n) is 7.95. The number of hydrogen-bond acceptors (Lipinski definition) is 5. The molecule has 8 heteroatoms. The Morgan fingerprint density at radius 3 is 2.76 bits per heavy atom. The zero-order valence-corrected chi connectivity index (χ0v) is 18.6. The van der Waals surface area contributed by atoms with E-state index in [1.54, 1.807) is 24.4 Å². The summed E-state index contributed by atoms with van der Waals surface area (Å²) in [6.07, 6.45) is 2.24. The highest BCUT2D eigenvalue weighted by molar-refractivity contribution is 6.04. The van der Waals surface area contributed by atoms with E-state index in [4.69, 9.17) is 4.74 Å². The lowest BCUT2D eigenvalue weighted by Crippen LogP contribution is -2.26. The SMILES string of the molecule is CN(C)CCOc1cccc(CCNC(=O)c2ccnc3[nH]c(-c4ccc(F)cc4)nc23)c1. The molecule has 0 saturated carbocycles. The maximum atomic E-state index is 13.2. The number of ether oxygens (including phenoxy) is 1. The molecule has 0 saturated heterocycles. The number of carbonyl (C=O) groups excluding carboxylic acids is 1. The van der Waals surface area contributed by atoms with Crippen LogP contribution in [-0.4, -0.2) is 59.6 Å². The number of amides is 1. The van der Waals surface area contributed by atoms with Gasteiger partial charge < -0.3 is 19.9 Å². The molecule has 0 aliphatic rings. The zero-order chi connectivity index (χ0) is 23.2. The maximum Gasteiger partial charge on any atom is 0.253 e. The quantitative estimate of drug-likeness (QED) is 0.409. The predicted octanol–water partition coefficient (Wildman–Crippen LogP) is 3.68. The first kappa shape index (κ1) is 22.4. The molecular weight excluding hydrogens is 421 g/mol. The van der Waals surface area contributed by atoms with E-state index in [1.807, 2.05) is 38.4 Å². The van der Waals surface area contributed by atoms with E-state index in [-0.39, 0.29) is 11.7 Å². The minimum atomic E-state index is -0.321. The summed E-state index contributed by atoms with van der Waals surface area (Å²) in [7, 11) is 4.01. The van der Waals surface area contributed by atoms with Crippen LogP contribution in [0.15, 0.2) is 60.8 Å². The van der Waals surface area contributed by atoms with Crippen LogP contribution in [0.5, 0.6) is 5.75 Å². The van der Waals surface area contributed by atoms with Crippen molar-refractivity contribution in [3.05, 3.63) is 77.7 Å². The molecule has 0 bridgehead atoms. The summed E-state index contributed by atoms with van der Waals surface area (Å²) < 4.78 is 19.0. The first-order valence-electron chi connectivity index (χ1n) is 10.7. The number of aromatic amines is 1. The highest BCUT2D eigenvalue weighted by Gasteiger charge is 2.15. The highest BCUT2D eigenvalue weighted by Crippen LogP contribution is 2.22. The average molecular weight is 448 g/mol. The number of aromatic nitrogens is 3. The molecule has 0 radical (unpaired) electrons. The Balaban J connectivity index is 1.40. The van der Waals surface area contributed by atoms with Gasteiger partial charge in [0.1, 0.15) is 29.5 Å². The van der Waals surface area contributed by atoms with Crippen LogP contribution >= 0.6 is 0 Å². The molecule has 0 atom stereocenters. The third-order valence-electron chi connectivity index (χ3n) is 5.15. The monoisotopic (exact) mass is 447 g/mol. The molecule has 33 heavy (non-hydrogen) atoms. The number of pyridine rings is 1. The normalized spacial score (nSPS) is 11.2. The fourth-order valence-corrected chi connectivity index (χ4v) is 3.39. The Hall–Kier alpha value is -3.78. The summed E-state index contributed by atoms with van der Waals surface area (Å²) in [5, 5.41) is 2.96. The van der Waals surface area contributed by atoms with E-state index in [9.17, 15) is 9.18 Å². The van der Waals surface area contributed by atoms with Crippen LogP contribution in [0, 0.1) is 5.82 Å². The van der Waals surface area contributed by atoms with Crippen molar-refractivity contribution in [1.29, 1.82) is 0 Å². The van der Waals surface area contributed by atoms with Crippen LogP contribution < -0.4 is 10.1 Å². The smallest absolute Gasteiger partial charge is 0.253 e. The number of nitrogens with one attached hydrogen (secondary N) is 2. The largest absolute Gasteiger partial charge is 0.492 e. The van der Waals surface area contributed by atoms with Gasteiger partial charge in [0.2, 0.25) is 0 Å². The van der Waals surface area contributed by atoms with Gasteiger partial charge in [-0.1, -0.05) is 12.1 Å². The summed E-state index contributed by atoms with van der Waals surface area (Å²) in [6.45, 7) is 1.94. The Labute approximate surface area is 191 Å². The first-order chi connectivity index (χ1) is 16.0. The molecule has 2 N–H and O–H groups in total. The summed E-state index contributed by atoms with van der Waals surface area (Å²) in [4.78, 5) is 26.8. The maximum absolute atomic E-state index is 13.2. The summed E-state index contributed by atoms with van der Waals surface area (Å²) in [6, 6.07) is 15.5. The summed E-state index contributed by atoms with van der Waals surface area (Å²) >= 11 is 0. The van der Waals surface area contributed by atoms with Crippen molar-refractivity contribution in [2.75, 3.05) is 33.8 Å². The van der Waals surface area contributed by atoms with Gasteiger partial charge in [-0.2, -0.15) is 0 Å². The van der Waals surface area contributed by atoms with Gasteiger partial charge in [-0.25, -0.2) is 14.4 Å². The number of rotatable bonds is 9. The minimum Gasteiger partial charge on any atom is -0.492 e. The van der Waals surface area contributed by atoms with E-state index < -0.39 is 0 Å². The van der Waals surface area contributed by atoms with Gasteiger partial charge in [0.05, 0.1) is 5.56 Å². The molecule has 2 aromatic carbocycles. The summed E-state index contributed by atoms with van der Waals surface area (Å²) in [5.41, 5.74) is 3.21. The van der Waals surface area contributed by atoms with E-state index in [0.29, 0.717) is 47.7 Å². The van der Waals surface area contributed by atoms with Gasteiger partial charge in [-0.15, -0.1) is 0 Å². The number of fused-ring (bicyclic) bond motifs is 1. The average Bonchev–Trinajstić information content (AvgIpc) is 3.24. The predicted molar refractivity (Wildman–Crippen MR) is 126 cm³/mol. The van der Waals surface area contributed by atoms with Crippen LogP contribution in [0.1, 0.15) is 15.9 Å². The van der Waals surface area contributed by atoms with Crippen molar-refractivity contribution in [2.24, 2.45) is 0 Å². The van der Waals surface area contributed by atoms with Crippen molar-refractivity contribution in [3.63, 3.8) is 0 Å². The number of likely N-dealkylation sites (N-methyl/N-ethyl adjacent to an activating group) is 1. The fourth-order valence-electron chi connectivity index (χ4n) is 3.39. The van der Waals surface area contributed by atoms with Crippen LogP contribution in [0.2, 0.25) is 0 Å². The summed E-state index contributed by atoms with van der Waals surface area (Å²) in [5.74, 6) is 0.807. The lowest BCUT2D eigenvalue weighted by Gasteiger charge is -2.12. The van der Waals surface area contributed by atoms with Crippen LogP contribution in [0.3, 0.4) is 0 Å². The molecule has 4 rings (SSSR count). The van der Waals surface area contributed by atoms with Crippen molar-refractivity contribution < 1.29 is 13.9 Å². The van der Waals surface area contributed by atoms with Gasteiger partial charge in [-0.3, -0.25) is 4.79 Å². The van der Waals surface area contributed by atoms with E-state index in [0.717, 1.165) is 17.9 Å². The van der Waals surface area contributed by atoms with Crippen molar-refractivity contribution >= 4 is 17.1 Å². The van der Waals surface area contributed by atoms with Gasteiger partial charge >= 0.3 is 0 Å². The Morgan fingerprint density at radius 1 is 1.15 bits per heavy atom. The number of hydrogen-bond donors (Lipinski definition) is 2. The lowest BCUT2D eigenvalue weighted by molar-refractivity contribution is 0.0955. The third kappa shape index (κ3) is 5.72. The number of imidazole rings is 1. The van der Waals surface area contributed by atoms with Crippen LogP contribution in [-0.2, 0) is 6.42 Å². The molecule has 0 unspecified atom stereocenters. The molecule has 0 spiro atoms. The number of carbonyl (C=O) groups is 1. The molecule has 2 heterocycles. The molecular formula is C25H26FN5O2. The standard InChI is InChI=1S/C25H26FN5O2/c1-31(2)14-15-33-20-5-3-4-17(16-20)10-12-28-25(32)21-11-13-27-24-22(21)29-23(30-24)18-6-8-19(26)9-7-18/h3-9,11,13,16H,10,12,14-15H2,1-2H3,(H,28,32)(H,27,29,30). The Bertz CT molecular complexity index is 1240. The second-order valence-corrected chi connectivity index (χ2v) is 7.95. The van der Waals surface area contributed by atoms with Gasteiger partial charge in [0, 0.05) is 24.8 Å². The fraction of sp³-hybridized carbons (Fsp3) is 0.240. The van der Waals surface area contributed by atoms with Crippen molar-refractivity contribution in [1.82, 2.24) is 25.2 Å². The number of nitrogens with zero attached hydrogens (tertiary/aromatic N) is 3. The second kappa shape index (κ2) is 10.2. The van der Waals surface area contributed by atoms with E-state index in [2.05, 4.69) is 25.2 Å². The molecule has 7 nitrogen and oxygen atoms in total.